The fourth-order valence-electron chi connectivity index (χ4n) is 7.01. The van der Waals surface area contributed by atoms with E-state index in [9.17, 15) is 65.9 Å². The van der Waals surface area contributed by atoms with E-state index < -0.39 is 80.4 Å². The summed E-state index contributed by atoms with van der Waals surface area (Å²) in [6.07, 6.45) is -22.5. The van der Waals surface area contributed by atoms with Crippen LogP contribution in [0.4, 0.5) is 65.9 Å². The van der Waals surface area contributed by atoms with Crippen molar-refractivity contribution in [1.82, 2.24) is 0 Å². The molecule has 0 unspecified atom stereocenters. The topological polar surface area (TPSA) is 0 Å². The normalized spacial score (nSPS) is 12.7. The summed E-state index contributed by atoms with van der Waals surface area (Å²) in [5.74, 6) is 0. The Morgan fingerprint density at radius 2 is 0.776 bits per heavy atom. The Bertz CT molecular complexity index is 2300. The van der Waals surface area contributed by atoms with Gasteiger partial charge in [0, 0.05) is 15.9 Å². The predicted octanol–water partition coefficient (Wildman–Crippen LogP) is 19.2. The maximum atomic E-state index is 13.2. The minimum atomic E-state index is -4.87. The molecule has 0 aromatic heterocycles. The van der Waals surface area contributed by atoms with Crippen LogP contribution in [-0.4, -0.2) is 15.7 Å². The van der Waals surface area contributed by atoms with E-state index in [0.717, 1.165) is 59.0 Å². The molecule has 0 amide bonds. The molecular formula is C48H45Cl2F15SiZr. The fraction of sp³-hybridized carbons (Fsp3) is 0.375. The summed E-state index contributed by atoms with van der Waals surface area (Å²) >= 11 is -0.826. The molecule has 2 radical (unpaired) electrons. The first-order valence-corrected chi connectivity index (χ1v) is 28.1. The number of fused-ring (bicyclic) bond motifs is 2. The van der Waals surface area contributed by atoms with E-state index in [1.807, 2.05) is 36.4 Å². The zero-order valence-electron chi connectivity index (χ0n) is 37.0. The summed E-state index contributed by atoms with van der Waals surface area (Å²) in [5.41, 5.74) is -2.71. The van der Waals surface area contributed by atoms with Crippen LogP contribution in [0.5, 0.6) is 0 Å². The molecule has 0 saturated carbocycles. The van der Waals surface area contributed by atoms with Gasteiger partial charge in [0.05, 0.1) is 22.3 Å². The van der Waals surface area contributed by atoms with Gasteiger partial charge < -0.3 is 0 Å². The third-order valence-electron chi connectivity index (χ3n) is 9.55. The Balaban J connectivity index is 0.000000291. The van der Waals surface area contributed by atoms with Crippen LogP contribution in [0.25, 0.3) is 43.8 Å². The second kappa shape index (κ2) is 22.7. The molecule has 67 heavy (non-hydrogen) atoms. The molecular weight excluding hydrogens is 1050 g/mol. The van der Waals surface area contributed by atoms with Crippen molar-refractivity contribution in [2.45, 2.75) is 104 Å². The van der Waals surface area contributed by atoms with Crippen molar-refractivity contribution >= 4 is 48.1 Å². The molecule has 0 N–H and O–H groups in total. The molecule has 0 atom stereocenters. The average Bonchev–Trinajstić information content (AvgIpc) is 3.77. The minimum absolute atomic E-state index is 0.00416. The van der Waals surface area contributed by atoms with E-state index >= 15 is 0 Å². The van der Waals surface area contributed by atoms with Crippen molar-refractivity contribution < 1.29 is 86.7 Å². The molecule has 0 spiro atoms. The number of alkyl halides is 15. The average molecular weight is 1100 g/mol. The first kappa shape index (κ1) is 58.0. The van der Waals surface area contributed by atoms with Crippen molar-refractivity contribution in [2.75, 3.05) is 0 Å². The first-order valence-electron chi connectivity index (χ1n) is 20.1. The number of hydrogen-bond acceptors (Lipinski definition) is 0. The summed E-state index contributed by atoms with van der Waals surface area (Å²) in [6.45, 7) is 14.2. The number of benzene rings is 4. The Kier molecular flexibility index (Phi) is 19.6. The van der Waals surface area contributed by atoms with Gasteiger partial charge in [0.25, 0.3) is 0 Å². The van der Waals surface area contributed by atoms with Crippen molar-refractivity contribution in [3.8, 4) is 22.3 Å². The van der Waals surface area contributed by atoms with E-state index in [1.165, 1.54) is 0 Å². The van der Waals surface area contributed by atoms with Gasteiger partial charge in [-0.1, -0.05) is 77.4 Å². The molecule has 0 fully saturated rings. The number of hydrogen-bond donors (Lipinski definition) is 0. The van der Waals surface area contributed by atoms with Crippen LogP contribution < -0.4 is 0 Å². The van der Waals surface area contributed by atoms with Gasteiger partial charge in [0.1, 0.15) is 0 Å². The van der Waals surface area contributed by atoms with Crippen LogP contribution >= 0.6 is 17.0 Å². The van der Waals surface area contributed by atoms with Gasteiger partial charge in [0.2, 0.25) is 0 Å². The molecule has 6 aromatic carbocycles. The molecule has 6 aromatic rings. The predicted molar refractivity (Wildman–Crippen MR) is 235 cm³/mol. The fourth-order valence-corrected chi connectivity index (χ4v) is 7.55. The van der Waals surface area contributed by atoms with E-state index in [0.29, 0.717) is 31.4 Å². The van der Waals surface area contributed by atoms with Crippen LogP contribution in [0.1, 0.15) is 81.3 Å². The quantitative estimate of drug-likeness (QED) is 0.0886. The maximum absolute atomic E-state index is 13.2. The van der Waals surface area contributed by atoms with E-state index in [1.54, 1.807) is 30.8 Å². The van der Waals surface area contributed by atoms with Gasteiger partial charge in [-0.15, -0.1) is 69.1 Å². The second-order valence-electron chi connectivity index (χ2n) is 17.9. The molecule has 0 nitrogen and oxygen atoms in total. The van der Waals surface area contributed by atoms with Gasteiger partial charge in [-0.25, -0.2) is 0 Å². The van der Waals surface area contributed by atoms with Crippen LogP contribution in [0.3, 0.4) is 0 Å². The van der Waals surface area contributed by atoms with E-state index in [2.05, 4.69) is 41.5 Å². The van der Waals surface area contributed by atoms with Gasteiger partial charge in [0.15, 0.2) is 0 Å². The summed E-state index contributed by atoms with van der Waals surface area (Å²) in [7, 11) is 10.3. The second-order valence-corrected chi connectivity index (χ2v) is 22.9. The van der Waals surface area contributed by atoms with Crippen LogP contribution in [0, 0.1) is 10.8 Å². The Morgan fingerprint density at radius 3 is 1.00 bits per heavy atom. The molecule has 6 rings (SSSR count). The van der Waals surface area contributed by atoms with Crippen LogP contribution in [0.15, 0.2) is 97.1 Å². The number of halogens is 17. The summed E-state index contributed by atoms with van der Waals surface area (Å²) < 4.78 is 192. The molecule has 364 valence electrons. The molecule has 0 saturated heterocycles. The molecule has 0 bridgehead atoms. The summed E-state index contributed by atoms with van der Waals surface area (Å²) in [4.78, 5) is 0. The molecule has 0 aliphatic heterocycles. The van der Waals surface area contributed by atoms with Crippen molar-refractivity contribution in [3.05, 3.63) is 130 Å². The van der Waals surface area contributed by atoms with Crippen molar-refractivity contribution in [3.63, 3.8) is 0 Å². The van der Waals surface area contributed by atoms with E-state index in [4.69, 9.17) is 17.0 Å². The van der Waals surface area contributed by atoms with Gasteiger partial charge in [-0.05, 0) is 71.2 Å². The number of rotatable bonds is 6. The van der Waals surface area contributed by atoms with Gasteiger partial charge in [-0.2, -0.15) is 78.0 Å². The third kappa shape index (κ3) is 18.5. The van der Waals surface area contributed by atoms with E-state index in [-0.39, 0.29) is 40.1 Å². The Hall–Kier alpha value is -3.27. The zero-order valence-corrected chi connectivity index (χ0v) is 42.0. The van der Waals surface area contributed by atoms with Gasteiger partial charge in [-0.3, -0.25) is 0 Å². The summed E-state index contributed by atoms with van der Waals surface area (Å²) in [6, 6.07) is 21.3. The zero-order chi connectivity index (χ0) is 51.1. The Labute approximate surface area is 400 Å². The van der Waals surface area contributed by atoms with Crippen LogP contribution in [-0.2, 0) is 58.4 Å². The molecule has 0 aliphatic carbocycles. The molecule has 19 heteroatoms. The van der Waals surface area contributed by atoms with Gasteiger partial charge >= 0.3 is 68.8 Å². The SMILES string of the molecule is CC(C)(C)Cc1cc2c(-c3cc(C(F)(F)F)cc(C(F)(F)F)c3)cccc2[cH-]1.CC(C)(C)Cc1cc2c(-c3cc(C(F)(F)F)cc(C(F)(F)F)c3)cccc2[cH-]1.C[Si]CCC(F)(F)F.[Cl][Zr+2][Cl]. The van der Waals surface area contributed by atoms with Crippen molar-refractivity contribution in [1.29, 1.82) is 0 Å². The third-order valence-corrected chi connectivity index (χ3v) is 10.3. The molecule has 0 heterocycles. The van der Waals surface area contributed by atoms with Crippen LogP contribution in [0.2, 0.25) is 12.6 Å². The van der Waals surface area contributed by atoms with Crippen molar-refractivity contribution in [2.24, 2.45) is 10.8 Å². The standard InChI is InChI=1S/2C22H19F6.C4H7F3Si.2ClH.Zr/c2*1-20(2,3)12-13-7-14-5-4-6-18(19(14)8-13)15-9-16(21(23,24)25)11-17(10-15)22(26,27)28;1-8-3-2-4(5,6)7;;;/h2*4-11H,12H2,1-3H3;2-3H2,1H3;2*1H;/q2*-1;;;;+4/p-2. The molecule has 0 aliphatic rings. The first-order chi connectivity index (χ1) is 30.5. The monoisotopic (exact) mass is 1090 g/mol. The summed E-state index contributed by atoms with van der Waals surface area (Å²) in [5, 5.41) is 2.88. The Morgan fingerprint density at radius 1 is 0.478 bits per heavy atom.